The van der Waals surface area contributed by atoms with Gasteiger partial charge in [-0.15, -0.1) is 0 Å². The van der Waals surface area contributed by atoms with Crippen molar-refractivity contribution in [3.8, 4) is 0 Å². The van der Waals surface area contributed by atoms with Gasteiger partial charge in [-0.2, -0.15) is 12.6 Å². The van der Waals surface area contributed by atoms with Crippen LogP contribution in [0.15, 0.2) is 0 Å². The van der Waals surface area contributed by atoms with Crippen LogP contribution in [0.4, 0.5) is 0 Å². The van der Waals surface area contributed by atoms with Gasteiger partial charge in [-0.1, -0.05) is 71.1 Å². The summed E-state index contributed by atoms with van der Waals surface area (Å²) in [5.41, 5.74) is 0. The summed E-state index contributed by atoms with van der Waals surface area (Å²) in [6.07, 6.45) is 14.5. The highest BCUT2D eigenvalue weighted by Crippen LogP contribution is 2.11. The van der Waals surface area contributed by atoms with Crippen molar-refractivity contribution in [1.29, 1.82) is 0 Å². The fraction of sp³-hybridized carbons (Fsp3) is 0.933. The third kappa shape index (κ3) is 13.9. The predicted molar refractivity (Wildman–Crippen MR) is 81.3 cm³/mol. The van der Waals surface area contributed by atoms with Crippen molar-refractivity contribution in [2.75, 3.05) is 12.4 Å². The van der Waals surface area contributed by atoms with E-state index in [1.807, 2.05) is 0 Å². The van der Waals surface area contributed by atoms with Crippen molar-refractivity contribution in [2.24, 2.45) is 0 Å². The molecule has 0 aliphatic heterocycles. The van der Waals surface area contributed by atoms with Gasteiger partial charge in [0.2, 0.25) is 0 Å². The smallest absolute Gasteiger partial charge is 0.315 e. The van der Waals surface area contributed by atoms with Crippen LogP contribution in [-0.2, 0) is 9.53 Å². The van der Waals surface area contributed by atoms with E-state index >= 15 is 0 Å². The highest BCUT2D eigenvalue weighted by molar-refractivity contribution is 7.81. The van der Waals surface area contributed by atoms with Crippen LogP contribution in [-0.4, -0.2) is 18.3 Å². The van der Waals surface area contributed by atoms with Crippen molar-refractivity contribution >= 4 is 18.6 Å². The molecular weight excluding hydrogens is 244 g/mol. The van der Waals surface area contributed by atoms with Gasteiger partial charge in [0.05, 0.1) is 12.4 Å². The van der Waals surface area contributed by atoms with E-state index < -0.39 is 0 Å². The molecule has 0 unspecified atom stereocenters. The second-order valence-corrected chi connectivity index (χ2v) is 5.23. The zero-order valence-corrected chi connectivity index (χ0v) is 12.9. The van der Waals surface area contributed by atoms with E-state index in [0.717, 1.165) is 6.42 Å². The predicted octanol–water partition coefficient (Wildman–Crippen LogP) is 4.77. The zero-order valence-electron chi connectivity index (χ0n) is 12.0. The van der Waals surface area contributed by atoms with Crippen LogP contribution in [0.5, 0.6) is 0 Å². The molecule has 108 valence electrons. The van der Waals surface area contributed by atoms with Crippen molar-refractivity contribution in [3.05, 3.63) is 0 Å². The lowest BCUT2D eigenvalue weighted by molar-refractivity contribution is -0.140. The summed E-state index contributed by atoms with van der Waals surface area (Å²) in [7, 11) is 0. The zero-order chi connectivity index (χ0) is 13.5. The number of ether oxygens (including phenoxy) is 1. The van der Waals surface area contributed by atoms with E-state index in [1.165, 1.54) is 64.2 Å². The van der Waals surface area contributed by atoms with Gasteiger partial charge in [-0.3, -0.25) is 4.79 Å². The van der Waals surface area contributed by atoms with Crippen molar-refractivity contribution < 1.29 is 9.53 Å². The van der Waals surface area contributed by atoms with Crippen molar-refractivity contribution in [2.45, 2.75) is 77.6 Å². The Kier molecular flexibility index (Phi) is 14.7. The Morgan fingerprint density at radius 2 is 1.28 bits per heavy atom. The molecule has 0 fully saturated rings. The van der Waals surface area contributed by atoms with Crippen LogP contribution in [0.3, 0.4) is 0 Å². The second kappa shape index (κ2) is 14.9. The van der Waals surface area contributed by atoms with Crippen molar-refractivity contribution in [3.63, 3.8) is 0 Å². The lowest BCUT2D eigenvalue weighted by Gasteiger charge is -2.03. The van der Waals surface area contributed by atoms with Gasteiger partial charge in [-0.25, -0.2) is 0 Å². The molecule has 0 atom stereocenters. The Bertz CT molecular complexity index is 183. The third-order valence-corrected chi connectivity index (χ3v) is 3.40. The molecule has 18 heavy (non-hydrogen) atoms. The topological polar surface area (TPSA) is 26.3 Å². The fourth-order valence-corrected chi connectivity index (χ4v) is 2.09. The summed E-state index contributed by atoms with van der Waals surface area (Å²) in [5.74, 6) is -0.0108. The highest BCUT2D eigenvalue weighted by atomic mass is 32.1. The molecule has 0 saturated carbocycles. The molecule has 0 rings (SSSR count). The standard InChI is InChI=1S/C15H30O2S/c1-2-3-4-5-6-7-8-9-10-11-12-13-17-15(16)14-18/h18H,2-14H2,1H3. The van der Waals surface area contributed by atoms with E-state index in [9.17, 15) is 4.79 Å². The average molecular weight is 274 g/mol. The largest absolute Gasteiger partial charge is 0.465 e. The van der Waals surface area contributed by atoms with Gasteiger partial charge in [0.1, 0.15) is 0 Å². The van der Waals surface area contributed by atoms with E-state index in [1.54, 1.807) is 0 Å². The van der Waals surface area contributed by atoms with Gasteiger partial charge >= 0.3 is 5.97 Å². The Morgan fingerprint density at radius 1 is 0.833 bits per heavy atom. The number of rotatable bonds is 13. The Balaban J connectivity index is 2.97. The summed E-state index contributed by atoms with van der Waals surface area (Å²) in [5, 5.41) is 0. The van der Waals surface area contributed by atoms with Crippen LogP contribution in [0.2, 0.25) is 0 Å². The number of unbranched alkanes of at least 4 members (excludes halogenated alkanes) is 10. The van der Waals surface area contributed by atoms with Crippen LogP contribution in [0, 0.1) is 0 Å². The first-order valence-electron chi connectivity index (χ1n) is 7.57. The van der Waals surface area contributed by atoms with Crippen LogP contribution >= 0.6 is 12.6 Å². The summed E-state index contributed by atoms with van der Waals surface area (Å²) < 4.78 is 4.96. The summed E-state index contributed by atoms with van der Waals surface area (Å²) in [4.78, 5) is 10.8. The molecule has 0 aliphatic carbocycles. The molecule has 0 bridgehead atoms. The monoisotopic (exact) mass is 274 g/mol. The minimum Gasteiger partial charge on any atom is -0.465 e. The molecule has 0 radical (unpaired) electrons. The number of carbonyl (C=O) groups excluding carboxylic acids is 1. The lowest BCUT2D eigenvalue weighted by Crippen LogP contribution is -2.06. The molecule has 0 saturated heterocycles. The maximum Gasteiger partial charge on any atom is 0.315 e. The van der Waals surface area contributed by atoms with Crippen LogP contribution < -0.4 is 0 Å². The second-order valence-electron chi connectivity index (χ2n) is 4.91. The molecule has 0 aromatic rings. The van der Waals surface area contributed by atoms with Gasteiger partial charge in [0.25, 0.3) is 0 Å². The number of hydrogen-bond acceptors (Lipinski definition) is 3. The third-order valence-electron chi connectivity index (χ3n) is 3.14. The molecular formula is C15H30O2S. The molecule has 0 N–H and O–H groups in total. The number of carbonyl (C=O) groups is 1. The Labute approximate surface area is 118 Å². The Hall–Kier alpha value is -0.180. The van der Waals surface area contributed by atoms with Crippen LogP contribution in [0.1, 0.15) is 77.6 Å². The molecule has 2 nitrogen and oxygen atoms in total. The number of esters is 1. The quantitative estimate of drug-likeness (QED) is 0.297. The molecule has 3 heteroatoms. The minimum absolute atomic E-state index is 0.192. The van der Waals surface area contributed by atoms with Gasteiger partial charge in [0, 0.05) is 0 Å². The number of hydrogen-bond donors (Lipinski definition) is 1. The lowest BCUT2D eigenvalue weighted by atomic mass is 10.1. The molecule has 0 heterocycles. The molecule has 0 amide bonds. The Morgan fingerprint density at radius 3 is 1.72 bits per heavy atom. The van der Waals surface area contributed by atoms with Crippen molar-refractivity contribution in [1.82, 2.24) is 0 Å². The summed E-state index contributed by atoms with van der Waals surface area (Å²) in [6, 6.07) is 0. The highest BCUT2D eigenvalue weighted by Gasteiger charge is 1.97. The first kappa shape index (κ1) is 17.8. The van der Waals surface area contributed by atoms with Gasteiger partial charge < -0.3 is 4.74 Å². The maximum absolute atomic E-state index is 10.8. The average Bonchev–Trinajstić information content (AvgIpc) is 2.39. The van der Waals surface area contributed by atoms with Gasteiger partial charge in [0.15, 0.2) is 0 Å². The fourth-order valence-electron chi connectivity index (χ4n) is 2.00. The van der Waals surface area contributed by atoms with Crippen LogP contribution in [0.25, 0.3) is 0 Å². The van der Waals surface area contributed by atoms with E-state index in [-0.39, 0.29) is 11.7 Å². The van der Waals surface area contributed by atoms with E-state index in [2.05, 4.69) is 19.6 Å². The molecule has 0 aliphatic rings. The first-order chi connectivity index (χ1) is 8.81. The first-order valence-corrected chi connectivity index (χ1v) is 8.21. The summed E-state index contributed by atoms with van der Waals surface area (Å²) in [6.45, 7) is 2.82. The maximum atomic E-state index is 10.8. The molecule has 0 spiro atoms. The molecule has 0 aromatic carbocycles. The number of thiol groups is 1. The van der Waals surface area contributed by atoms with E-state index in [0.29, 0.717) is 6.61 Å². The normalized spacial score (nSPS) is 10.6. The summed E-state index contributed by atoms with van der Waals surface area (Å²) >= 11 is 3.85. The van der Waals surface area contributed by atoms with E-state index in [4.69, 9.17) is 4.74 Å². The SMILES string of the molecule is CCCCCCCCCCCCCOC(=O)CS. The van der Waals surface area contributed by atoms with Gasteiger partial charge in [-0.05, 0) is 6.42 Å². The minimum atomic E-state index is -0.203. The molecule has 0 aromatic heterocycles.